The predicted molar refractivity (Wildman–Crippen MR) is 76.9 cm³/mol. The zero-order valence-electron chi connectivity index (χ0n) is 11.0. The minimum Gasteiger partial charge on any atom is -0.255 e. The van der Waals surface area contributed by atoms with Crippen LogP contribution >= 0.6 is 0 Å². The second-order valence-electron chi connectivity index (χ2n) is 4.92. The molecule has 0 fully saturated rings. The molecule has 94 valence electrons. The normalized spacial score (nSPS) is 11.1. The first-order chi connectivity index (χ1) is 9.25. The molecule has 19 heavy (non-hydrogen) atoms. The highest BCUT2D eigenvalue weighted by molar-refractivity contribution is 5.88. The monoisotopic (exact) mass is 249 g/mol. The van der Waals surface area contributed by atoms with Crippen molar-refractivity contribution in [3.05, 3.63) is 54.7 Å². The molecule has 3 rings (SSSR count). The Morgan fingerprint density at radius 2 is 1.79 bits per heavy atom. The van der Waals surface area contributed by atoms with E-state index in [-0.39, 0.29) is 0 Å². The summed E-state index contributed by atoms with van der Waals surface area (Å²) in [5.41, 5.74) is 3.19. The maximum absolute atomic E-state index is 4.54. The van der Waals surface area contributed by atoms with Gasteiger partial charge in [0.05, 0.1) is 5.69 Å². The summed E-state index contributed by atoms with van der Waals surface area (Å²) in [5.74, 6) is 0.497. The Balaban J connectivity index is 2.18. The van der Waals surface area contributed by atoms with Crippen LogP contribution in [0.15, 0.2) is 49.2 Å². The van der Waals surface area contributed by atoms with E-state index in [1.807, 2.05) is 6.20 Å². The summed E-state index contributed by atoms with van der Waals surface area (Å²) in [5, 5.41) is 2.43. The minimum atomic E-state index is 0.497. The van der Waals surface area contributed by atoms with E-state index in [2.05, 4.69) is 53.1 Å². The van der Waals surface area contributed by atoms with Crippen molar-refractivity contribution in [2.75, 3.05) is 0 Å². The van der Waals surface area contributed by atoms with Gasteiger partial charge in [-0.1, -0.05) is 32.0 Å². The van der Waals surface area contributed by atoms with Crippen LogP contribution in [0.4, 0.5) is 0 Å². The molecule has 0 amide bonds. The summed E-state index contributed by atoms with van der Waals surface area (Å²) in [4.78, 5) is 12.6. The van der Waals surface area contributed by atoms with Gasteiger partial charge in [-0.25, -0.2) is 9.97 Å². The molecule has 1 aromatic carbocycles. The maximum atomic E-state index is 4.54. The number of pyridine rings is 1. The van der Waals surface area contributed by atoms with E-state index in [0.717, 1.165) is 11.3 Å². The highest BCUT2D eigenvalue weighted by Crippen LogP contribution is 2.27. The lowest BCUT2D eigenvalue weighted by atomic mass is 9.97. The number of fused-ring (bicyclic) bond motifs is 1. The van der Waals surface area contributed by atoms with Gasteiger partial charge >= 0.3 is 0 Å². The maximum Gasteiger partial charge on any atom is 0.115 e. The lowest BCUT2D eigenvalue weighted by Gasteiger charge is -2.10. The van der Waals surface area contributed by atoms with Gasteiger partial charge in [0, 0.05) is 29.5 Å². The van der Waals surface area contributed by atoms with Crippen LogP contribution in [0, 0.1) is 0 Å². The number of rotatable bonds is 2. The van der Waals surface area contributed by atoms with E-state index in [0.29, 0.717) is 5.92 Å². The molecule has 0 saturated carbocycles. The van der Waals surface area contributed by atoms with Gasteiger partial charge in [0.25, 0.3) is 0 Å². The molecular formula is C16H15N3. The van der Waals surface area contributed by atoms with Crippen molar-refractivity contribution in [3.63, 3.8) is 0 Å². The first kappa shape index (κ1) is 11.8. The average Bonchev–Trinajstić information content (AvgIpc) is 2.47. The van der Waals surface area contributed by atoms with Gasteiger partial charge in [0.1, 0.15) is 6.33 Å². The molecule has 0 bridgehead atoms. The largest absolute Gasteiger partial charge is 0.255 e. The fraction of sp³-hybridized carbons (Fsp3) is 0.188. The topological polar surface area (TPSA) is 38.7 Å². The SMILES string of the molecule is CC(C)c1cccc2cc(-c3cncnc3)ncc12. The lowest BCUT2D eigenvalue weighted by Crippen LogP contribution is -1.92. The molecule has 0 saturated heterocycles. The fourth-order valence-corrected chi connectivity index (χ4v) is 2.29. The van der Waals surface area contributed by atoms with Crippen molar-refractivity contribution in [3.8, 4) is 11.3 Å². The Kier molecular flexibility index (Phi) is 2.95. The van der Waals surface area contributed by atoms with E-state index < -0.39 is 0 Å². The zero-order chi connectivity index (χ0) is 13.2. The van der Waals surface area contributed by atoms with Crippen LogP contribution in [0.3, 0.4) is 0 Å². The summed E-state index contributed by atoms with van der Waals surface area (Å²) < 4.78 is 0. The van der Waals surface area contributed by atoms with Gasteiger partial charge in [-0.3, -0.25) is 4.98 Å². The first-order valence-corrected chi connectivity index (χ1v) is 6.40. The third-order valence-electron chi connectivity index (χ3n) is 3.28. The van der Waals surface area contributed by atoms with Crippen molar-refractivity contribution in [1.82, 2.24) is 15.0 Å². The van der Waals surface area contributed by atoms with Gasteiger partial charge in [-0.05, 0) is 22.9 Å². The van der Waals surface area contributed by atoms with Crippen molar-refractivity contribution < 1.29 is 0 Å². The molecular weight excluding hydrogens is 234 g/mol. The summed E-state index contributed by atoms with van der Waals surface area (Å²) in [7, 11) is 0. The molecule has 0 radical (unpaired) electrons. The van der Waals surface area contributed by atoms with Crippen LogP contribution in [0.1, 0.15) is 25.3 Å². The molecule has 3 heteroatoms. The molecule has 2 heterocycles. The van der Waals surface area contributed by atoms with Crippen molar-refractivity contribution in [2.45, 2.75) is 19.8 Å². The molecule has 0 spiro atoms. The van der Waals surface area contributed by atoms with Gasteiger partial charge < -0.3 is 0 Å². The van der Waals surface area contributed by atoms with E-state index in [1.165, 1.54) is 22.7 Å². The Morgan fingerprint density at radius 3 is 2.53 bits per heavy atom. The van der Waals surface area contributed by atoms with Crippen LogP contribution in [-0.4, -0.2) is 15.0 Å². The van der Waals surface area contributed by atoms with Crippen molar-refractivity contribution in [2.24, 2.45) is 0 Å². The van der Waals surface area contributed by atoms with Crippen LogP contribution in [0.5, 0.6) is 0 Å². The quantitative estimate of drug-likeness (QED) is 0.693. The Labute approximate surface area is 112 Å². The first-order valence-electron chi connectivity index (χ1n) is 6.40. The smallest absolute Gasteiger partial charge is 0.115 e. The number of hydrogen-bond acceptors (Lipinski definition) is 3. The molecule has 0 N–H and O–H groups in total. The van der Waals surface area contributed by atoms with E-state index in [9.17, 15) is 0 Å². The fourth-order valence-electron chi connectivity index (χ4n) is 2.29. The van der Waals surface area contributed by atoms with Crippen LogP contribution < -0.4 is 0 Å². The van der Waals surface area contributed by atoms with Crippen LogP contribution in [0.25, 0.3) is 22.0 Å². The zero-order valence-corrected chi connectivity index (χ0v) is 11.0. The van der Waals surface area contributed by atoms with Crippen molar-refractivity contribution >= 4 is 10.8 Å². The molecule has 0 aliphatic carbocycles. The third-order valence-corrected chi connectivity index (χ3v) is 3.28. The van der Waals surface area contributed by atoms with Crippen LogP contribution in [0.2, 0.25) is 0 Å². The molecule has 3 nitrogen and oxygen atoms in total. The predicted octanol–water partition coefficient (Wildman–Crippen LogP) is 3.82. The lowest BCUT2D eigenvalue weighted by molar-refractivity contribution is 0.876. The third kappa shape index (κ3) is 2.19. The van der Waals surface area contributed by atoms with E-state index in [4.69, 9.17) is 0 Å². The van der Waals surface area contributed by atoms with Gasteiger partial charge in [-0.15, -0.1) is 0 Å². The molecule has 0 aliphatic heterocycles. The molecule has 0 aliphatic rings. The van der Waals surface area contributed by atoms with Crippen molar-refractivity contribution in [1.29, 1.82) is 0 Å². The van der Waals surface area contributed by atoms with E-state index in [1.54, 1.807) is 12.4 Å². The number of benzene rings is 1. The molecule has 3 aromatic rings. The minimum absolute atomic E-state index is 0.497. The number of aromatic nitrogens is 3. The van der Waals surface area contributed by atoms with Gasteiger partial charge in [0.2, 0.25) is 0 Å². The Hall–Kier alpha value is -2.29. The second-order valence-corrected chi connectivity index (χ2v) is 4.92. The summed E-state index contributed by atoms with van der Waals surface area (Å²) in [6, 6.07) is 8.49. The van der Waals surface area contributed by atoms with E-state index >= 15 is 0 Å². The molecule has 0 atom stereocenters. The summed E-state index contributed by atoms with van der Waals surface area (Å²) in [6.07, 6.45) is 7.05. The Morgan fingerprint density at radius 1 is 1.00 bits per heavy atom. The molecule has 2 aromatic heterocycles. The highest BCUT2D eigenvalue weighted by Gasteiger charge is 2.07. The summed E-state index contributed by atoms with van der Waals surface area (Å²) >= 11 is 0. The summed E-state index contributed by atoms with van der Waals surface area (Å²) in [6.45, 7) is 4.40. The van der Waals surface area contributed by atoms with Gasteiger partial charge in [0.15, 0.2) is 0 Å². The number of hydrogen-bond donors (Lipinski definition) is 0. The second kappa shape index (κ2) is 4.76. The number of nitrogens with zero attached hydrogens (tertiary/aromatic N) is 3. The molecule has 0 unspecified atom stereocenters. The van der Waals surface area contributed by atoms with Gasteiger partial charge in [-0.2, -0.15) is 0 Å². The standard InChI is InChI=1S/C16H15N3/c1-11(2)14-5-3-4-12-6-16(19-9-15(12)14)13-7-17-10-18-8-13/h3-11H,1-2H3. The van der Waals surface area contributed by atoms with Crippen LogP contribution in [-0.2, 0) is 0 Å². The average molecular weight is 249 g/mol. The highest BCUT2D eigenvalue weighted by atomic mass is 14.8. The Bertz CT molecular complexity index is 706.